The van der Waals surface area contributed by atoms with Crippen LogP contribution in [0.1, 0.15) is 24.0 Å². The quantitative estimate of drug-likeness (QED) is 0.612. The fourth-order valence-electron chi connectivity index (χ4n) is 3.86. The van der Waals surface area contributed by atoms with Gasteiger partial charge in [-0.15, -0.1) is 0 Å². The second-order valence-corrected chi connectivity index (χ2v) is 10.1. The molecule has 0 radical (unpaired) electrons. The molecule has 8 heteroatoms. The van der Waals surface area contributed by atoms with Gasteiger partial charge >= 0.3 is 0 Å². The van der Waals surface area contributed by atoms with E-state index in [2.05, 4.69) is 0 Å². The Hall–Kier alpha value is -2.55. The Morgan fingerprint density at radius 1 is 1.00 bits per heavy atom. The third kappa shape index (κ3) is 5.82. The number of carbonyl (C=O) groups excluding carboxylic acids is 1. The number of halogens is 1. The number of hydrogen-bond donors (Lipinski definition) is 0. The van der Waals surface area contributed by atoms with Crippen molar-refractivity contribution in [3.05, 3.63) is 76.9 Å². The predicted octanol–water partition coefficient (Wildman–Crippen LogP) is 2.94. The Morgan fingerprint density at radius 2 is 1.66 bits per heavy atom. The zero-order valence-corrected chi connectivity index (χ0v) is 18.8. The van der Waals surface area contributed by atoms with Crippen LogP contribution in [0.4, 0.5) is 4.39 Å². The van der Waals surface area contributed by atoms with Gasteiger partial charge in [0.05, 0.1) is 6.54 Å². The number of benzene rings is 2. The van der Waals surface area contributed by atoms with Crippen molar-refractivity contribution in [2.24, 2.45) is 0 Å². The molecule has 32 heavy (non-hydrogen) atoms. The molecular formula is C24H28FN3O3S. The topological polar surface area (TPSA) is 60.9 Å². The fraction of sp³-hybridized carbons (Fsp3) is 0.375. The third-order valence-corrected chi connectivity index (χ3v) is 7.45. The Balaban J connectivity index is 1.31. The second-order valence-electron chi connectivity index (χ2n) is 8.28. The van der Waals surface area contributed by atoms with E-state index in [1.165, 1.54) is 15.8 Å². The second kappa shape index (κ2) is 9.94. The zero-order valence-electron chi connectivity index (χ0n) is 17.9. The summed E-state index contributed by atoms with van der Waals surface area (Å²) in [5.41, 5.74) is 1.35. The van der Waals surface area contributed by atoms with Crippen molar-refractivity contribution in [1.29, 1.82) is 0 Å². The molecule has 0 aromatic heterocycles. The molecule has 2 aromatic rings. The predicted molar refractivity (Wildman–Crippen MR) is 122 cm³/mol. The minimum Gasteiger partial charge on any atom is -0.334 e. The van der Waals surface area contributed by atoms with Crippen LogP contribution < -0.4 is 0 Å². The van der Waals surface area contributed by atoms with E-state index in [9.17, 15) is 17.6 Å². The molecule has 0 N–H and O–H groups in total. The molecule has 1 aliphatic heterocycles. The molecule has 1 aliphatic carbocycles. The van der Waals surface area contributed by atoms with Gasteiger partial charge in [0.1, 0.15) is 5.82 Å². The van der Waals surface area contributed by atoms with Crippen LogP contribution in [0.25, 0.3) is 6.08 Å². The van der Waals surface area contributed by atoms with Crippen LogP contribution in [0, 0.1) is 5.82 Å². The lowest BCUT2D eigenvalue weighted by atomic mass is 10.2. The van der Waals surface area contributed by atoms with Crippen molar-refractivity contribution in [3.63, 3.8) is 0 Å². The number of piperazine rings is 1. The highest BCUT2D eigenvalue weighted by atomic mass is 32.2. The molecule has 0 unspecified atom stereocenters. The van der Waals surface area contributed by atoms with E-state index in [-0.39, 0.29) is 30.9 Å². The minimum absolute atomic E-state index is 0.0315. The van der Waals surface area contributed by atoms with Gasteiger partial charge in [0, 0.05) is 49.7 Å². The van der Waals surface area contributed by atoms with Crippen molar-refractivity contribution in [2.45, 2.75) is 25.4 Å². The maximum absolute atomic E-state index is 14.1. The van der Waals surface area contributed by atoms with Gasteiger partial charge in [-0.1, -0.05) is 48.5 Å². The summed E-state index contributed by atoms with van der Waals surface area (Å²) in [5.74, 6) is -0.329. The average Bonchev–Trinajstić information content (AvgIpc) is 3.63. The Morgan fingerprint density at radius 3 is 2.31 bits per heavy atom. The molecule has 0 bridgehead atoms. The molecule has 1 saturated carbocycles. The molecule has 2 aliphatic rings. The highest BCUT2D eigenvalue weighted by Gasteiger charge is 2.34. The number of carbonyl (C=O) groups is 1. The first-order valence-electron chi connectivity index (χ1n) is 10.9. The Bertz CT molecular complexity index is 1060. The van der Waals surface area contributed by atoms with E-state index in [1.807, 2.05) is 35.2 Å². The maximum Gasteiger partial charge on any atom is 0.237 e. The van der Waals surface area contributed by atoms with Gasteiger partial charge in [-0.25, -0.2) is 12.8 Å². The minimum atomic E-state index is -3.51. The van der Waals surface area contributed by atoms with Gasteiger partial charge in [-0.3, -0.25) is 9.69 Å². The van der Waals surface area contributed by atoms with Crippen LogP contribution in [0.2, 0.25) is 0 Å². The monoisotopic (exact) mass is 457 g/mol. The van der Waals surface area contributed by atoms with E-state index < -0.39 is 10.0 Å². The summed E-state index contributed by atoms with van der Waals surface area (Å²) in [5, 5.41) is 1.24. The van der Waals surface area contributed by atoms with Crippen molar-refractivity contribution >= 4 is 22.0 Å². The molecule has 0 atom stereocenters. The molecule has 2 fully saturated rings. The number of rotatable bonds is 8. The van der Waals surface area contributed by atoms with Crippen LogP contribution in [0.3, 0.4) is 0 Å². The molecule has 4 rings (SSSR count). The summed E-state index contributed by atoms with van der Waals surface area (Å²) < 4.78 is 40.8. The van der Waals surface area contributed by atoms with Gasteiger partial charge < -0.3 is 4.90 Å². The highest BCUT2D eigenvalue weighted by Crippen LogP contribution is 2.29. The number of amides is 1. The fourth-order valence-corrected chi connectivity index (χ4v) is 5.03. The lowest BCUT2D eigenvalue weighted by Gasteiger charge is -2.34. The smallest absolute Gasteiger partial charge is 0.237 e. The van der Waals surface area contributed by atoms with Gasteiger partial charge in [0.15, 0.2) is 0 Å². The van der Waals surface area contributed by atoms with Crippen LogP contribution in [-0.4, -0.2) is 67.2 Å². The van der Waals surface area contributed by atoms with Gasteiger partial charge in [-0.05, 0) is 30.5 Å². The van der Waals surface area contributed by atoms with E-state index in [0.717, 1.165) is 18.4 Å². The largest absolute Gasteiger partial charge is 0.334 e. The highest BCUT2D eigenvalue weighted by molar-refractivity contribution is 7.92. The van der Waals surface area contributed by atoms with Crippen LogP contribution >= 0.6 is 0 Å². The summed E-state index contributed by atoms with van der Waals surface area (Å²) >= 11 is 0. The normalized spacial score (nSPS) is 18.2. The lowest BCUT2D eigenvalue weighted by Crippen LogP contribution is -2.51. The first kappa shape index (κ1) is 22.6. The van der Waals surface area contributed by atoms with Crippen molar-refractivity contribution in [1.82, 2.24) is 14.1 Å². The molecule has 1 amide bonds. The summed E-state index contributed by atoms with van der Waals surface area (Å²) in [6.45, 7) is 2.15. The van der Waals surface area contributed by atoms with Gasteiger partial charge in [0.2, 0.25) is 15.9 Å². The molecule has 0 spiro atoms. The van der Waals surface area contributed by atoms with Crippen molar-refractivity contribution < 1.29 is 17.6 Å². The van der Waals surface area contributed by atoms with Gasteiger partial charge in [-0.2, -0.15) is 4.31 Å². The van der Waals surface area contributed by atoms with Crippen molar-refractivity contribution in [3.8, 4) is 0 Å². The molecule has 1 saturated heterocycles. The first-order valence-corrected chi connectivity index (χ1v) is 12.4. The van der Waals surface area contributed by atoms with Gasteiger partial charge in [0.25, 0.3) is 0 Å². The lowest BCUT2D eigenvalue weighted by molar-refractivity contribution is -0.134. The molecule has 1 heterocycles. The van der Waals surface area contributed by atoms with E-state index in [1.54, 1.807) is 29.2 Å². The first-order chi connectivity index (χ1) is 15.4. The van der Waals surface area contributed by atoms with E-state index >= 15 is 0 Å². The molecule has 170 valence electrons. The van der Waals surface area contributed by atoms with Crippen molar-refractivity contribution in [2.75, 3.05) is 32.7 Å². The van der Waals surface area contributed by atoms with Crippen LogP contribution in [-0.2, 0) is 21.4 Å². The number of sulfonamides is 1. The summed E-state index contributed by atoms with van der Waals surface area (Å²) in [6.07, 6.45) is 3.49. The Kier molecular flexibility index (Phi) is 7.03. The van der Waals surface area contributed by atoms with Crippen LogP contribution in [0.15, 0.2) is 60.0 Å². The maximum atomic E-state index is 14.1. The molecule has 2 aromatic carbocycles. The number of hydrogen-bond acceptors (Lipinski definition) is 4. The molecule has 6 nitrogen and oxygen atoms in total. The zero-order chi connectivity index (χ0) is 22.6. The standard InChI is InChI=1S/C24H28FN3O3S/c25-23-9-5-4-8-21(23)18-28(22-10-11-22)24(29)19-26-13-15-27(16-14-26)32(30,31)17-12-20-6-2-1-3-7-20/h1-9,12,17,22H,10-11,13-16,18-19H2. The van der Waals surface area contributed by atoms with Crippen LogP contribution in [0.5, 0.6) is 0 Å². The van der Waals surface area contributed by atoms with E-state index in [0.29, 0.717) is 31.7 Å². The third-order valence-electron chi connectivity index (χ3n) is 5.89. The van der Waals surface area contributed by atoms with E-state index in [4.69, 9.17) is 0 Å². The molecular weight excluding hydrogens is 429 g/mol. The summed E-state index contributed by atoms with van der Waals surface area (Å²) in [4.78, 5) is 16.7. The SMILES string of the molecule is O=C(CN1CCN(S(=O)(=O)C=Cc2ccccc2)CC1)N(Cc1ccccc1F)C1CC1. The summed E-state index contributed by atoms with van der Waals surface area (Å²) in [6, 6.07) is 16.0. The number of nitrogens with zero attached hydrogens (tertiary/aromatic N) is 3. The Labute approximate surface area is 189 Å². The summed E-state index contributed by atoms with van der Waals surface area (Å²) in [7, 11) is -3.51. The average molecular weight is 458 g/mol.